The van der Waals surface area contributed by atoms with E-state index in [2.05, 4.69) is 12.0 Å². The highest BCUT2D eigenvalue weighted by molar-refractivity contribution is 5.83. The fraction of sp³-hybridized carbons (Fsp3) is 0.100. The lowest BCUT2D eigenvalue weighted by molar-refractivity contribution is -0.378. The first-order valence-corrected chi connectivity index (χ1v) is 3.99. The number of benzene rings is 1. The average Bonchev–Trinajstić information content (AvgIpc) is 2.19. The molecule has 1 N–H and O–H groups in total. The number of nitrogens with zero attached hydrogens (tertiary/aromatic N) is 2. The number of hydrogen-bond acceptors (Lipinski definition) is 2. The molecule has 1 aromatic rings. The minimum atomic E-state index is -0.297. The van der Waals surface area contributed by atoms with Gasteiger partial charge in [-0.15, -0.1) is 0 Å². The molecular formula is C10H10N3O+. The summed E-state index contributed by atoms with van der Waals surface area (Å²) in [6, 6.07) is 8.31. The van der Waals surface area contributed by atoms with E-state index in [0.717, 1.165) is 0 Å². The second-order valence-corrected chi connectivity index (χ2v) is 2.82. The molecule has 1 rings (SSSR count). The van der Waals surface area contributed by atoms with E-state index in [1.54, 1.807) is 31.3 Å². The van der Waals surface area contributed by atoms with Crippen LogP contribution < -0.4 is 5.32 Å². The van der Waals surface area contributed by atoms with Crippen molar-refractivity contribution in [3.63, 3.8) is 0 Å². The van der Waals surface area contributed by atoms with E-state index < -0.39 is 0 Å². The standard InChI is InChI=1S/C10H9N3O/c1-13(2)10(14)12-9-5-3-8(7-11)4-6-9/h3-6H,1H2,2H3/p+1. The maximum absolute atomic E-state index is 11.2. The summed E-state index contributed by atoms with van der Waals surface area (Å²) in [5.74, 6) is 0. The van der Waals surface area contributed by atoms with Gasteiger partial charge in [-0.3, -0.25) is 0 Å². The molecule has 1 aromatic carbocycles. The maximum atomic E-state index is 11.2. The third-order valence-electron chi connectivity index (χ3n) is 1.61. The Balaban J connectivity index is 2.75. The molecule has 0 spiro atoms. The van der Waals surface area contributed by atoms with E-state index in [-0.39, 0.29) is 6.03 Å². The smallest absolute Gasteiger partial charge is 0.208 e. The summed E-state index contributed by atoms with van der Waals surface area (Å²) in [7, 11) is 1.55. The van der Waals surface area contributed by atoms with Gasteiger partial charge in [0.2, 0.25) is 0 Å². The van der Waals surface area contributed by atoms with Crippen LogP contribution in [0.25, 0.3) is 0 Å². The van der Waals surface area contributed by atoms with Crippen molar-refractivity contribution in [3.8, 4) is 6.07 Å². The second-order valence-electron chi connectivity index (χ2n) is 2.82. The zero-order valence-electron chi connectivity index (χ0n) is 7.82. The number of amides is 2. The van der Waals surface area contributed by atoms with Gasteiger partial charge >= 0.3 is 6.03 Å². The Morgan fingerprint density at radius 1 is 1.50 bits per heavy atom. The predicted molar refractivity (Wildman–Crippen MR) is 53.5 cm³/mol. The van der Waals surface area contributed by atoms with E-state index in [1.165, 1.54) is 4.58 Å². The number of carbonyl (C=O) groups is 1. The van der Waals surface area contributed by atoms with Crippen LogP contribution in [0.3, 0.4) is 0 Å². The molecule has 0 radical (unpaired) electrons. The van der Waals surface area contributed by atoms with Gasteiger partial charge in [-0.05, 0) is 24.3 Å². The number of hydrogen-bond donors (Lipinski definition) is 1. The van der Waals surface area contributed by atoms with Gasteiger partial charge in [-0.2, -0.15) is 10.1 Å². The van der Waals surface area contributed by atoms with Crippen molar-refractivity contribution in [3.05, 3.63) is 29.8 Å². The molecule has 4 heteroatoms. The molecule has 70 valence electrons. The van der Waals surface area contributed by atoms with Crippen LogP contribution >= 0.6 is 0 Å². The highest BCUT2D eigenvalue weighted by Gasteiger charge is 2.09. The largest absolute Gasteiger partial charge is 0.495 e. The van der Waals surface area contributed by atoms with Crippen LogP contribution in [0.1, 0.15) is 5.56 Å². The van der Waals surface area contributed by atoms with E-state index in [1.807, 2.05) is 6.07 Å². The summed E-state index contributed by atoms with van der Waals surface area (Å²) in [5, 5.41) is 11.2. The van der Waals surface area contributed by atoms with Crippen LogP contribution in [0.4, 0.5) is 10.5 Å². The van der Waals surface area contributed by atoms with Crippen molar-refractivity contribution >= 4 is 18.4 Å². The van der Waals surface area contributed by atoms with Gasteiger partial charge in [0.25, 0.3) is 0 Å². The van der Waals surface area contributed by atoms with Crippen molar-refractivity contribution in [1.29, 1.82) is 5.26 Å². The van der Waals surface area contributed by atoms with E-state index >= 15 is 0 Å². The first kappa shape index (κ1) is 9.93. The molecule has 0 aliphatic rings. The van der Waals surface area contributed by atoms with Gasteiger partial charge in [-0.25, -0.2) is 9.89 Å². The fourth-order valence-electron chi connectivity index (χ4n) is 0.847. The fourth-order valence-corrected chi connectivity index (χ4v) is 0.847. The van der Waals surface area contributed by atoms with Crippen LogP contribution in [-0.4, -0.2) is 24.4 Å². The van der Waals surface area contributed by atoms with Crippen molar-refractivity contribution in [2.24, 2.45) is 0 Å². The number of nitriles is 1. The lowest BCUT2D eigenvalue weighted by Crippen LogP contribution is -2.21. The molecule has 2 amide bonds. The third kappa shape index (κ3) is 2.42. The van der Waals surface area contributed by atoms with Gasteiger partial charge in [0, 0.05) is 0 Å². The first-order valence-electron chi connectivity index (χ1n) is 3.99. The predicted octanol–water partition coefficient (Wildman–Crippen LogP) is 1.43. The quantitative estimate of drug-likeness (QED) is 0.535. The Bertz CT molecular complexity index is 400. The van der Waals surface area contributed by atoms with E-state index in [9.17, 15) is 4.79 Å². The summed E-state index contributed by atoms with van der Waals surface area (Å²) in [6.45, 7) is 3.44. The molecule has 0 fully saturated rings. The summed E-state index contributed by atoms with van der Waals surface area (Å²) >= 11 is 0. The van der Waals surface area contributed by atoms with Crippen molar-refractivity contribution in [1.82, 2.24) is 0 Å². The highest BCUT2D eigenvalue weighted by Crippen LogP contribution is 2.08. The van der Waals surface area contributed by atoms with Crippen LogP contribution in [0.2, 0.25) is 0 Å². The van der Waals surface area contributed by atoms with E-state index in [4.69, 9.17) is 5.26 Å². The van der Waals surface area contributed by atoms with Gasteiger partial charge in [0.15, 0.2) is 0 Å². The Morgan fingerprint density at radius 3 is 2.50 bits per heavy atom. The number of rotatable bonds is 1. The summed E-state index contributed by atoms with van der Waals surface area (Å²) in [6.07, 6.45) is 0. The zero-order chi connectivity index (χ0) is 10.6. The molecule has 14 heavy (non-hydrogen) atoms. The number of nitrogens with one attached hydrogen (secondary N) is 1. The molecule has 0 bridgehead atoms. The van der Waals surface area contributed by atoms with Crippen LogP contribution in [0.5, 0.6) is 0 Å². The Hall–Kier alpha value is -2.15. The average molecular weight is 188 g/mol. The molecule has 0 atom stereocenters. The molecule has 0 unspecified atom stereocenters. The molecule has 0 aliphatic heterocycles. The van der Waals surface area contributed by atoms with E-state index in [0.29, 0.717) is 11.3 Å². The Morgan fingerprint density at radius 2 is 2.07 bits per heavy atom. The lowest BCUT2D eigenvalue weighted by atomic mass is 10.2. The number of anilines is 1. The van der Waals surface area contributed by atoms with Crippen molar-refractivity contribution in [2.75, 3.05) is 12.4 Å². The van der Waals surface area contributed by atoms with Gasteiger partial charge in [0.1, 0.15) is 5.69 Å². The maximum Gasteiger partial charge on any atom is 0.495 e. The molecule has 0 aliphatic carbocycles. The topological polar surface area (TPSA) is 55.9 Å². The molecule has 0 saturated carbocycles. The molecule has 0 aromatic heterocycles. The molecular weight excluding hydrogens is 178 g/mol. The number of carbonyl (C=O) groups excluding carboxylic acids is 1. The zero-order valence-corrected chi connectivity index (χ0v) is 7.82. The van der Waals surface area contributed by atoms with Crippen LogP contribution in [0, 0.1) is 11.3 Å². The minimum absolute atomic E-state index is 0.297. The Kier molecular flexibility index (Phi) is 2.97. The molecule has 0 heterocycles. The normalized spacial score (nSPS) is 8.86. The van der Waals surface area contributed by atoms with Crippen LogP contribution in [-0.2, 0) is 0 Å². The van der Waals surface area contributed by atoms with Crippen molar-refractivity contribution < 1.29 is 9.37 Å². The van der Waals surface area contributed by atoms with Gasteiger partial charge in [0.05, 0.1) is 25.4 Å². The van der Waals surface area contributed by atoms with Crippen LogP contribution in [0.15, 0.2) is 24.3 Å². The monoisotopic (exact) mass is 188 g/mol. The Labute approximate surface area is 82.1 Å². The summed E-state index contributed by atoms with van der Waals surface area (Å²) < 4.78 is 1.19. The number of urea groups is 1. The van der Waals surface area contributed by atoms with Crippen molar-refractivity contribution in [2.45, 2.75) is 0 Å². The summed E-state index contributed by atoms with van der Waals surface area (Å²) in [4.78, 5) is 11.2. The third-order valence-corrected chi connectivity index (χ3v) is 1.61. The summed E-state index contributed by atoms with van der Waals surface area (Å²) in [5.41, 5.74) is 1.20. The second kappa shape index (κ2) is 4.19. The SMILES string of the molecule is C=[N+](C)C(=O)Nc1ccc(C#N)cc1. The first-order chi connectivity index (χ1) is 6.63. The minimum Gasteiger partial charge on any atom is -0.208 e. The molecule has 4 nitrogen and oxygen atoms in total. The highest BCUT2D eigenvalue weighted by atomic mass is 16.2. The molecule has 0 saturated heterocycles. The van der Waals surface area contributed by atoms with Gasteiger partial charge < -0.3 is 0 Å². The lowest BCUT2D eigenvalue weighted by Gasteiger charge is -1.97. The van der Waals surface area contributed by atoms with Gasteiger partial charge in [-0.1, -0.05) is 0 Å².